The molecular formula is C19H28N6. The molecule has 3 heterocycles. The van der Waals surface area contributed by atoms with Crippen molar-refractivity contribution in [2.24, 2.45) is 5.92 Å². The van der Waals surface area contributed by atoms with Crippen molar-refractivity contribution in [1.29, 1.82) is 0 Å². The van der Waals surface area contributed by atoms with Crippen molar-refractivity contribution in [3.8, 4) is 0 Å². The average molecular weight is 340 g/mol. The third-order valence-corrected chi connectivity index (χ3v) is 4.71. The molecule has 1 N–H and O–H groups in total. The van der Waals surface area contributed by atoms with Crippen LogP contribution in [0.1, 0.15) is 48.2 Å². The Hall–Kier alpha value is -2.21. The lowest BCUT2D eigenvalue weighted by atomic mass is 10.1. The summed E-state index contributed by atoms with van der Waals surface area (Å²) in [5.41, 5.74) is 6.53. The lowest BCUT2D eigenvalue weighted by molar-refractivity contribution is 0.397. The fourth-order valence-electron chi connectivity index (χ4n) is 3.31. The summed E-state index contributed by atoms with van der Waals surface area (Å²) < 4.78 is 4.03. The molecule has 0 aliphatic rings. The SMILES string of the molecule is Cc1cc(C)n(C[C@@H](C)CN[C@H](C)c2cnc3cc(C)nn3c2C)n1. The minimum Gasteiger partial charge on any atom is -0.310 e. The first kappa shape index (κ1) is 17.6. The second-order valence-corrected chi connectivity index (χ2v) is 7.20. The van der Waals surface area contributed by atoms with Crippen molar-refractivity contribution >= 4 is 5.65 Å². The first-order chi connectivity index (χ1) is 11.8. The van der Waals surface area contributed by atoms with Gasteiger partial charge in [-0.25, -0.2) is 9.50 Å². The Kier molecular flexibility index (Phi) is 4.90. The predicted octanol–water partition coefficient (Wildman–Crippen LogP) is 3.15. The van der Waals surface area contributed by atoms with Crippen molar-refractivity contribution in [3.05, 3.63) is 46.7 Å². The lowest BCUT2D eigenvalue weighted by Crippen LogP contribution is -2.28. The fourth-order valence-corrected chi connectivity index (χ4v) is 3.31. The monoisotopic (exact) mass is 340 g/mol. The van der Waals surface area contributed by atoms with Crippen molar-refractivity contribution in [2.75, 3.05) is 6.54 Å². The summed E-state index contributed by atoms with van der Waals surface area (Å²) in [7, 11) is 0. The summed E-state index contributed by atoms with van der Waals surface area (Å²) in [4.78, 5) is 4.54. The largest absolute Gasteiger partial charge is 0.310 e. The van der Waals surface area contributed by atoms with Crippen molar-refractivity contribution in [1.82, 2.24) is 29.7 Å². The van der Waals surface area contributed by atoms with Crippen LogP contribution in [-0.4, -0.2) is 30.9 Å². The fraction of sp³-hybridized carbons (Fsp3) is 0.526. The normalized spacial score (nSPS) is 14.2. The maximum atomic E-state index is 4.55. The molecule has 0 amide bonds. The molecule has 134 valence electrons. The van der Waals surface area contributed by atoms with Crippen molar-refractivity contribution in [2.45, 2.75) is 54.1 Å². The van der Waals surface area contributed by atoms with Crippen LogP contribution in [-0.2, 0) is 6.54 Å². The standard InChI is InChI=1S/C19H28N6/c1-12(11-24-15(4)7-13(2)22-24)9-20-16(5)18-10-21-19-8-14(3)23-25(19)17(18)6/h7-8,10,12,16,20H,9,11H2,1-6H3/t12-,16+/m0/s1. The van der Waals surface area contributed by atoms with Gasteiger partial charge >= 0.3 is 0 Å². The van der Waals surface area contributed by atoms with Gasteiger partial charge in [-0.1, -0.05) is 6.92 Å². The molecule has 0 fully saturated rings. The van der Waals surface area contributed by atoms with E-state index in [0.29, 0.717) is 5.92 Å². The zero-order valence-corrected chi connectivity index (χ0v) is 16.0. The Balaban J connectivity index is 1.65. The number of rotatable bonds is 6. The summed E-state index contributed by atoms with van der Waals surface area (Å²) in [6.45, 7) is 14.5. The Morgan fingerprint density at radius 1 is 1.04 bits per heavy atom. The van der Waals surface area contributed by atoms with E-state index >= 15 is 0 Å². The van der Waals surface area contributed by atoms with E-state index in [1.54, 1.807) is 0 Å². The number of nitrogens with one attached hydrogen (secondary N) is 1. The molecule has 2 atom stereocenters. The van der Waals surface area contributed by atoms with E-state index in [9.17, 15) is 0 Å². The first-order valence-corrected chi connectivity index (χ1v) is 8.91. The van der Waals surface area contributed by atoms with Gasteiger partial charge in [-0.3, -0.25) is 4.68 Å². The van der Waals surface area contributed by atoms with Crippen molar-refractivity contribution in [3.63, 3.8) is 0 Å². The zero-order valence-electron chi connectivity index (χ0n) is 16.0. The highest BCUT2D eigenvalue weighted by atomic mass is 15.3. The molecule has 0 spiro atoms. The quantitative estimate of drug-likeness (QED) is 0.749. The first-order valence-electron chi connectivity index (χ1n) is 8.91. The maximum Gasteiger partial charge on any atom is 0.155 e. The van der Waals surface area contributed by atoms with E-state index < -0.39 is 0 Å². The second-order valence-electron chi connectivity index (χ2n) is 7.20. The van der Waals surface area contributed by atoms with Gasteiger partial charge in [0.25, 0.3) is 0 Å². The zero-order chi connectivity index (χ0) is 18.1. The van der Waals surface area contributed by atoms with E-state index in [0.717, 1.165) is 35.8 Å². The lowest BCUT2D eigenvalue weighted by Gasteiger charge is -2.20. The van der Waals surface area contributed by atoms with E-state index in [-0.39, 0.29) is 6.04 Å². The summed E-state index contributed by atoms with van der Waals surface area (Å²) >= 11 is 0. The minimum absolute atomic E-state index is 0.226. The maximum absolute atomic E-state index is 4.55. The van der Waals surface area contributed by atoms with Gasteiger partial charge < -0.3 is 5.32 Å². The molecule has 0 aliphatic carbocycles. The number of hydrogen-bond acceptors (Lipinski definition) is 4. The summed E-state index contributed by atoms with van der Waals surface area (Å²) in [6, 6.07) is 4.36. The van der Waals surface area contributed by atoms with E-state index in [1.807, 2.05) is 30.6 Å². The van der Waals surface area contributed by atoms with Gasteiger partial charge in [-0.15, -0.1) is 0 Å². The summed E-state index contributed by atoms with van der Waals surface area (Å²) in [5, 5.41) is 12.7. The number of nitrogens with zero attached hydrogens (tertiary/aromatic N) is 5. The van der Waals surface area contributed by atoms with Gasteiger partial charge in [0.1, 0.15) is 0 Å². The van der Waals surface area contributed by atoms with Gasteiger partial charge in [0.05, 0.1) is 11.4 Å². The molecule has 25 heavy (non-hydrogen) atoms. The molecule has 0 radical (unpaired) electrons. The van der Waals surface area contributed by atoms with Crippen LogP contribution in [0.2, 0.25) is 0 Å². The summed E-state index contributed by atoms with van der Waals surface area (Å²) in [6.07, 6.45) is 1.97. The average Bonchev–Trinajstić information content (AvgIpc) is 3.07. The molecule has 0 saturated heterocycles. The number of hydrogen-bond donors (Lipinski definition) is 1. The van der Waals surface area contributed by atoms with Gasteiger partial charge in [0.2, 0.25) is 0 Å². The predicted molar refractivity (Wildman–Crippen MR) is 99.7 cm³/mol. The number of aromatic nitrogens is 5. The van der Waals surface area contributed by atoms with Gasteiger partial charge in [-0.05, 0) is 46.6 Å². The van der Waals surface area contributed by atoms with Crippen LogP contribution in [0.4, 0.5) is 0 Å². The molecule has 3 rings (SSSR count). The third-order valence-electron chi connectivity index (χ3n) is 4.71. The van der Waals surface area contributed by atoms with E-state index in [1.165, 1.54) is 11.3 Å². The van der Waals surface area contributed by atoms with E-state index in [4.69, 9.17) is 0 Å². The smallest absolute Gasteiger partial charge is 0.155 e. The molecule has 0 saturated carbocycles. The highest BCUT2D eigenvalue weighted by Crippen LogP contribution is 2.18. The molecule has 3 aromatic heterocycles. The highest BCUT2D eigenvalue weighted by molar-refractivity contribution is 5.42. The molecule has 3 aromatic rings. The topological polar surface area (TPSA) is 60.0 Å². The van der Waals surface area contributed by atoms with Crippen LogP contribution in [0, 0.1) is 33.6 Å². The summed E-state index contributed by atoms with van der Waals surface area (Å²) in [5.74, 6) is 0.490. The number of fused-ring (bicyclic) bond motifs is 1. The van der Waals surface area contributed by atoms with Crippen molar-refractivity contribution < 1.29 is 0 Å². The van der Waals surface area contributed by atoms with Crippen LogP contribution in [0.3, 0.4) is 0 Å². The van der Waals surface area contributed by atoms with Crippen LogP contribution in [0.15, 0.2) is 18.3 Å². The highest BCUT2D eigenvalue weighted by Gasteiger charge is 2.14. The molecule has 6 nitrogen and oxygen atoms in total. The molecule has 0 aromatic carbocycles. The van der Waals surface area contributed by atoms with Gasteiger partial charge in [-0.2, -0.15) is 10.2 Å². The third kappa shape index (κ3) is 3.74. The molecule has 6 heteroatoms. The minimum atomic E-state index is 0.226. The van der Waals surface area contributed by atoms with Crippen LogP contribution >= 0.6 is 0 Å². The Morgan fingerprint density at radius 2 is 1.76 bits per heavy atom. The number of aryl methyl sites for hydroxylation is 4. The van der Waals surface area contributed by atoms with Crippen LogP contribution in [0.5, 0.6) is 0 Å². The second kappa shape index (κ2) is 6.96. The van der Waals surface area contributed by atoms with Crippen LogP contribution in [0.25, 0.3) is 5.65 Å². The Bertz CT molecular complexity index is 876. The van der Waals surface area contributed by atoms with Crippen LogP contribution < -0.4 is 5.32 Å². The van der Waals surface area contributed by atoms with E-state index in [2.05, 4.69) is 58.9 Å². The Morgan fingerprint density at radius 3 is 2.44 bits per heavy atom. The molecule has 0 unspecified atom stereocenters. The van der Waals surface area contributed by atoms with Gasteiger partial charge in [0.15, 0.2) is 5.65 Å². The molecule has 0 aliphatic heterocycles. The molecular weight excluding hydrogens is 312 g/mol. The van der Waals surface area contributed by atoms with Gasteiger partial charge in [0, 0.05) is 48.3 Å². The molecule has 0 bridgehead atoms. The Labute approximate surface area is 149 Å².